The van der Waals surface area contributed by atoms with Crippen molar-refractivity contribution < 1.29 is 18.4 Å². The third-order valence-electron chi connectivity index (χ3n) is 3.38. The first-order chi connectivity index (χ1) is 11.6. The molecule has 0 aliphatic carbocycles. The molecular formula is C18H15FN2O3. The van der Waals surface area contributed by atoms with E-state index in [4.69, 9.17) is 9.26 Å². The number of halogens is 1. The van der Waals surface area contributed by atoms with Crippen LogP contribution in [-0.4, -0.2) is 18.2 Å². The third-order valence-corrected chi connectivity index (χ3v) is 3.38. The fourth-order valence-corrected chi connectivity index (χ4v) is 2.22. The first-order valence-corrected chi connectivity index (χ1v) is 7.29. The normalized spacial score (nSPS) is 10.4. The van der Waals surface area contributed by atoms with E-state index >= 15 is 0 Å². The Hall–Kier alpha value is -3.15. The Morgan fingerprint density at radius 1 is 1.21 bits per heavy atom. The van der Waals surface area contributed by atoms with Crippen molar-refractivity contribution in [1.82, 2.24) is 5.16 Å². The maximum absolute atomic E-state index is 13.1. The van der Waals surface area contributed by atoms with Crippen LogP contribution >= 0.6 is 0 Å². The van der Waals surface area contributed by atoms with Gasteiger partial charge in [-0.05, 0) is 42.5 Å². The number of ether oxygens (including phenoxy) is 1. The van der Waals surface area contributed by atoms with E-state index in [1.807, 2.05) is 24.3 Å². The van der Waals surface area contributed by atoms with Crippen molar-refractivity contribution in [3.05, 3.63) is 66.1 Å². The molecule has 122 valence electrons. The Balaban J connectivity index is 1.65. The molecule has 0 bridgehead atoms. The number of carbonyl (C=O) groups is 1. The molecular weight excluding hydrogens is 311 g/mol. The predicted molar refractivity (Wildman–Crippen MR) is 87.2 cm³/mol. The van der Waals surface area contributed by atoms with Gasteiger partial charge >= 0.3 is 0 Å². The molecule has 5 nitrogen and oxygen atoms in total. The number of hydrogen-bond acceptors (Lipinski definition) is 4. The van der Waals surface area contributed by atoms with E-state index in [0.717, 1.165) is 11.3 Å². The van der Waals surface area contributed by atoms with E-state index in [9.17, 15) is 9.18 Å². The highest BCUT2D eigenvalue weighted by molar-refractivity contribution is 5.92. The maximum atomic E-state index is 13.1. The van der Waals surface area contributed by atoms with Gasteiger partial charge in [0.1, 0.15) is 11.6 Å². The van der Waals surface area contributed by atoms with Gasteiger partial charge in [0.25, 0.3) is 0 Å². The molecule has 0 radical (unpaired) electrons. The summed E-state index contributed by atoms with van der Waals surface area (Å²) in [4.78, 5) is 12.0. The number of nitrogens with one attached hydrogen (secondary N) is 1. The summed E-state index contributed by atoms with van der Waals surface area (Å²) >= 11 is 0. The summed E-state index contributed by atoms with van der Waals surface area (Å²) in [5.74, 6) is 0.602. The van der Waals surface area contributed by atoms with Gasteiger partial charge < -0.3 is 14.6 Å². The Morgan fingerprint density at radius 3 is 2.71 bits per heavy atom. The monoisotopic (exact) mass is 326 g/mol. The number of methoxy groups -OCH3 is 1. The van der Waals surface area contributed by atoms with Gasteiger partial charge in [0.05, 0.1) is 19.2 Å². The van der Waals surface area contributed by atoms with E-state index < -0.39 is 5.82 Å². The molecule has 3 rings (SSSR count). The van der Waals surface area contributed by atoms with Gasteiger partial charge in [-0.1, -0.05) is 11.2 Å². The van der Waals surface area contributed by atoms with Crippen LogP contribution in [0.1, 0.15) is 5.69 Å². The Bertz CT molecular complexity index is 843. The molecule has 0 spiro atoms. The number of amides is 1. The van der Waals surface area contributed by atoms with E-state index in [-0.39, 0.29) is 12.3 Å². The minimum absolute atomic E-state index is 0.0379. The molecule has 1 heterocycles. The first kappa shape index (κ1) is 15.7. The second-order valence-corrected chi connectivity index (χ2v) is 5.15. The number of anilines is 1. The van der Waals surface area contributed by atoms with Crippen LogP contribution in [0.15, 0.2) is 59.1 Å². The summed E-state index contributed by atoms with van der Waals surface area (Å²) in [5, 5.41) is 6.51. The number of carbonyl (C=O) groups excluding carboxylic acids is 1. The lowest BCUT2D eigenvalue weighted by molar-refractivity contribution is -0.115. The van der Waals surface area contributed by atoms with Crippen molar-refractivity contribution in [1.29, 1.82) is 0 Å². The molecule has 0 unspecified atom stereocenters. The molecule has 1 N–H and O–H groups in total. The molecule has 0 saturated heterocycles. The van der Waals surface area contributed by atoms with Crippen molar-refractivity contribution in [2.24, 2.45) is 0 Å². The molecule has 24 heavy (non-hydrogen) atoms. The van der Waals surface area contributed by atoms with Gasteiger partial charge in [0, 0.05) is 17.3 Å². The van der Waals surface area contributed by atoms with Crippen LogP contribution in [0.4, 0.5) is 10.1 Å². The smallest absolute Gasteiger partial charge is 0.230 e. The Kier molecular flexibility index (Phi) is 4.56. The third kappa shape index (κ3) is 3.78. The van der Waals surface area contributed by atoms with E-state index in [1.165, 1.54) is 18.2 Å². The molecule has 6 heteroatoms. The quantitative estimate of drug-likeness (QED) is 0.777. The molecule has 1 amide bonds. The molecule has 3 aromatic rings. The first-order valence-electron chi connectivity index (χ1n) is 7.29. The highest BCUT2D eigenvalue weighted by Gasteiger charge is 2.11. The Morgan fingerprint density at radius 2 is 2.00 bits per heavy atom. The average molecular weight is 326 g/mol. The van der Waals surface area contributed by atoms with Gasteiger partial charge in [-0.2, -0.15) is 0 Å². The van der Waals surface area contributed by atoms with Crippen LogP contribution in [0, 0.1) is 5.82 Å². The number of aromatic nitrogens is 1. The summed E-state index contributed by atoms with van der Waals surface area (Å²) in [5.41, 5.74) is 1.73. The van der Waals surface area contributed by atoms with Gasteiger partial charge in [-0.3, -0.25) is 4.79 Å². The van der Waals surface area contributed by atoms with E-state index in [0.29, 0.717) is 17.1 Å². The summed E-state index contributed by atoms with van der Waals surface area (Å²) in [6.45, 7) is 0. The van der Waals surface area contributed by atoms with Crippen molar-refractivity contribution >= 4 is 11.6 Å². The summed E-state index contributed by atoms with van der Waals surface area (Å²) in [6.07, 6.45) is 0.0379. The molecule has 0 atom stereocenters. The number of benzene rings is 2. The highest BCUT2D eigenvalue weighted by Crippen LogP contribution is 2.23. The predicted octanol–water partition coefficient (Wildman–Crippen LogP) is 3.67. The lowest BCUT2D eigenvalue weighted by Gasteiger charge is -2.03. The summed E-state index contributed by atoms with van der Waals surface area (Å²) in [6, 6.07) is 14.7. The minimum atomic E-state index is -0.406. The standard InChI is InChI=1S/C18H15FN2O3/c1-23-16-7-5-12(6-8-16)17-10-15(21-24-17)11-18(22)20-14-4-2-3-13(19)9-14/h2-10H,11H2,1H3,(H,20,22). The molecule has 0 fully saturated rings. The van der Waals surface area contributed by atoms with Crippen molar-refractivity contribution in [3.63, 3.8) is 0 Å². The largest absolute Gasteiger partial charge is 0.497 e. The van der Waals surface area contributed by atoms with Crippen molar-refractivity contribution in [2.75, 3.05) is 12.4 Å². The van der Waals surface area contributed by atoms with Gasteiger partial charge in [0.2, 0.25) is 5.91 Å². The number of rotatable bonds is 5. The van der Waals surface area contributed by atoms with E-state index in [2.05, 4.69) is 10.5 Å². The topological polar surface area (TPSA) is 64.4 Å². The van der Waals surface area contributed by atoms with Crippen LogP contribution in [0.5, 0.6) is 5.75 Å². The second-order valence-electron chi connectivity index (χ2n) is 5.15. The molecule has 0 aliphatic heterocycles. The zero-order valence-electron chi connectivity index (χ0n) is 13.0. The van der Waals surface area contributed by atoms with Crippen LogP contribution in [-0.2, 0) is 11.2 Å². The fraction of sp³-hybridized carbons (Fsp3) is 0.111. The summed E-state index contributed by atoms with van der Waals surface area (Å²) < 4.78 is 23.5. The van der Waals surface area contributed by atoms with Crippen molar-refractivity contribution in [2.45, 2.75) is 6.42 Å². The molecule has 2 aromatic carbocycles. The van der Waals surface area contributed by atoms with Crippen LogP contribution < -0.4 is 10.1 Å². The molecule has 0 aliphatic rings. The zero-order valence-corrected chi connectivity index (χ0v) is 13.0. The minimum Gasteiger partial charge on any atom is -0.497 e. The number of hydrogen-bond donors (Lipinski definition) is 1. The van der Waals surface area contributed by atoms with Crippen LogP contribution in [0.2, 0.25) is 0 Å². The lowest BCUT2D eigenvalue weighted by atomic mass is 10.1. The van der Waals surface area contributed by atoms with Crippen molar-refractivity contribution in [3.8, 4) is 17.1 Å². The molecule has 1 aromatic heterocycles. The molecule has 0 saturated carbocycles. The van der Waals surface area contributed by atoms with Crippen LogP contribution in [0.3, 0.4) is 0 Å². The zero-order chi connectivity index (χ0) is 16.9. The van der Waals surface area contributed by atoms with Gasteiger partial charge in [-0.15, -0.1) is 0 Å². The van der Waals surface area contributed by atoms with Crippen LogP contribution in [0.25, 0.3) is 11.3 Å². The lowest BCUT2D eigenvalue weighted by Crippen LogP contribution is -2.14. The average Bonchev–Trinajstić information content (AvgIpc) is 3.03. The fourth-order valence-electron chi connectivity index (χ4n) is 2.22. The SMILES string of the molecule is COc1ccc(-c2cc(CC(=O)Nc3cccc(F)c3)no2)cc1. The highest BCUT2D eigenvalue weighted by atomic mass is 19.1. The second kappa shape index (κ2) is 6.95. The van der Waals surface area contributed by atoms with E-state index in [1.54, 1.807) is 19.2 Å². The van der Waals surface area contributed by atoms with Gasteiger partial charge in [0.15, 0.2) is 5.76 Å². The maximum Gasteiger partial charge on any atom is 0.230 e. The summed E-state index contributed by atoms with van der Waals surface area (Å²) in [7, 11) is 1.60. The van der Waals surface area contributed by atoms with Gasteiger partial charge in [-0.25, -0.2) is 4.39 Å². The number of nitrogens with zero attached hydrogens (tertiary/aromatic N) is 1. The Labute approximate surface area is 138 Å².